The van der Waals surface area contributed by atoms with E-state index in [2.05, 4.69) is 27.5 Å². The van der Waals surface area contributed by atoms with E-state index in [9.17, 15) is 4.79 Å². The van der Waals surface area contributed by atoms with Crippen molar-refractivity contribution < 1.29 is 0 Å². The topological polar surface area (TPSA) is 75.6 Å². The van der Waals surface area contributed by atoms with Crippen LogP contribution in [0.4, 0.5) is 5.82 Å². The quantitative estimate of drug-likeness (QED) is 0.566. The highest BCUT2D eigenvalue weighted by Crippen LogP contribution is 2.34. The first-order chi connectivity index (χ1) is 12.2. The number of pyridine rings is 2. The van der Waals surface area contributed by atoms with E-state index in [1.165, 1.54) is 12.8 Å². The van der Waals surface area contributed by atoms with Crippen LogP contribution in [-0.2, 0) is 7.05 Å². The van der Waals surface area contributed by atoms with Crippen LogP contribution < -0.4 is 10.9 Å². The fourth-order valence-corrected chi connectivity index (χ4v) is 3.24. The molecule has 3 aromatic heterocycles. The number of nitrogens with one attached hydrogen (secondary N) is 2. The van der Waals surface area contributed by atoms with Gasteiger partial charge in [0.05, 0.1) is 17.1 Å². The van der Waals surface area contributed by atoms with Crippen molar-refractivity contribution in [2.45, 2.75) is 18.9 Å². The van der Waals surface area contributed by atoms with E-state index < -0.39 is 0 Å². The Bertz CT molecular complexity index is 1170. The molecule has 0 bridgehead atoms. The number of hydrogen-bond acceptors (Lipinski definition) is 4. The fraction of sp³-hybridized carbons (Fsp3) is 0.211. The Morgan fingerprint density at radius 3 is 2.84 bits per heavy atom. The van der Waals surface area contributed by atoms with Gasteiger partial charge in [-0.1, -0.05) is 12.1 Å². The number of aryl methyl sites for hydroxylation is 1. The van der Waals surface area contributed by atoms with Crippen LogP contribution in [0.25, 0.3) is 32.8 Å². The molecule has 0 amide bonds. The molecule has 1 fully saturated rings. The number of anilines is 1. The van der Waals surface area contributed by atoms with Gasteiger partial charge in [0.25, 0.3) is 5.56 Å². The van der Waals surface area contributed by atoms with Crippen LogP contribution in [0.3, 0.4) is 0 Å². The van der Waals surface area contributed by atoms with Crippen LogP contribution in [0.1, 0.15) is 12.8 Å². The molecule has 0 aliphatic heterocycles. The van der Waals surface area contributed by atoms with Gasteiger partial charge in [0, 0.05) is 41.8 Å². The van der Waals surface area contributed by atoms with E-state index in [4.69, 9.17) is 4.98 Å². The minimum absolute atomic E-state index is 0.115. The van der Waals surface area contributed by atoms with E-state index >= 15 is 0 Å². The van der Waals surface area contributed by atoms with Crippen molar-refractivity contribution >= 4 is 27.5 Å². The van der Waals surface area contributed by atoms with Gasteiger partial charge in [0.2, 0.25) is 0 Å². The highest BCUT2D eigenvalue weighted by atomic mass is 16.1. The summed E-state index contributed by atoms with van der Waals surface area (Å²) in [5.41, 5.74) is 2.66. The lowest BCUT2D eigenvalue weighted by molar-refractivity contribution is 0.768. The predicted octanol–water partition coefficient (Wildman–Crippen LogP) is 3.05. The zero-order valence-electron chi connectivity index (χ0n) is 13.8. The van der Waals surface area contributed by atoms with Gasteiger partial charge in [-0.2, -0.15) is 5.10 Å². The largest absolute Gasteiger partial charge is 0.367 e. The molecule has 1 aliphatic carbocycles. The molecule has 3 heterocycles. The zero-order chi connectivity index (χ0) is 17.0. The van der Waals surface area contributed by atoms with Gasteiger partial charge in [-0.25, -0.2) is 4.98 Å². The third-order valence-electron chi connectivity index (χ3n) is 4.67. The van der Waals surface area contributed by atoms with Crippen molar-refractivity contribution in [3.63, 3.8) is 0 Å². The Hall–Kier alpha value is -3.15. The first-order valence-electron chi connectivity index (χ1n) is 8.40. The molecule has 6 heteroatoms. The van der Waals surface area contributed by atoms with Crippen molar-refractivity contribution in [1.29, 1.82) is 0 Å². The predicted molar refractivity (Wildman–Crippen MR) is 98.7 cm³/mol. The Morgan fingerprint density at radius 2 is 2.08 bits per heavy atom. The highest BCUT2D eigenvalue weighted by Gasteiger charge is 2.23. The Balaban J connectivity index is 1.83. The van der Waals surface area contributed by atoms with Crippen LogP contribution in [0, 0.1) is 0 Å². The molecule has 0 radical (unpaired) electrons. The van der Waals surface area contributed by atoms with Gasteiger partial charge in [-0.3, -0.25) is 9.48 Å². The number of rotatable bonds is 3. The van der Waals surface area contributed by atoms with Crippen molar-refractivity contribution in [2.75, 3.05) is 5.32 Å². The molecule has 0 atom stereocenters. The standard InChI is InChI=1S/C19H17N5O/c1-24-10-12(9-21-24)11-2-5-14-15(8-11)17-16(6-7-20-19(17)25)23-18(14)22-13-3-4-13/h2,5-10,13H,3-4H2,1H3,(H,20,25)(H,22,23). The summed E-state index contributed by atoms with van der Waals surface area (Å²) >= 11 is 0. The average molecular weight is 331 g/mol. The number of fused-ring (bicyclic) bond motifs is 3. The second-order valence-electron chi connectivity index (χ2n) is 6.61. The number of aromatic nitrogens is 4. The van der Waals surface area contributed by atoms with Gasteiger partial charge in [0.1, 0.15) is 5.82 Å². The number of hydrogen-bond donors (Lipinski definition) is 2. The molecule has 0 unspecified atom stereocenters. The summed E-state index contributed by atoms with van der Waals surface area (Å²) < 4.78 is 1.77. The summed E-state index contributed by atoms with van der Waals surface area (Å²) in [5.74, 6) is 0.855. The Labute approximate surface area is 143 Å². The first-order valence-corrected chi connectivity index (χ1v) is 8.40. The SMILES string of the molecule is Cn1cc(-c2ccc3c(NC4CC4)nc4cc[nH]c(=O)c4c3c2)cn1. The lowest BCUT2D eigenvalue weighted by atomic mass is 10.0. The Morgan fingerprint density at radius 1 is 1.20 bits per heavy atom. The summed E-state index contributed by atoms with van der Waals surface area (Å²) in [6, 6.07) is 8.51. The summed E-state index contributed by atoms with van der Waals surface area (Å²) in [5, 5.41) is 10.3. The summed E-state index contributed by atoms with van der Waals surface area (Å²) in [6.45, 7) is 0. The fourth-order valence-electron chi connectivity index (χ4n) is 3.24. The minimum atomic E-state index is -0.115. The molecule has 1 saturated carbocycles. The van der Waals surface area contributed by atoms with Crippen molar-refractivity contribution in [1.82, 2.24) is 19.7 Å². The maximum Gasteiger partial charge on any atom is 0.258 e. The van der Waals surface area contributed by atoms with Crippen molar-refractivity contribution in [2.24, 2.45) is 7.05 Å². The van der Waals surface area contributed by atoms with E-state index in [0.29, 0.717) is 16.9 Å². The minimum Gasteiger partial charge on any atom is -0.367 e. The lowest BCUT2D eigenvalue weighted by Crippen LogP contribution is -2.09. The Kier molecular flexibility index (Phi) is 2.94. The van der Waals surface area contributed by atoms with Crippen LogP contribution in [0.5, 0.6) is 0 Å². The molecule has 1 aliphatic rings. The molecule has 4 aromatic rings. The number of benzene rings is 1. The smallest absolute Gasteiger partial charge is 0.258 e. The molecule has 5 rings (SSSR count). The second kappa shape index (κ2) is 5.17. The molecule has 124 valence electrons. The van der Waals surface area contributed by atoms with Crippen LogP contribution in [0.15, 0.2) is 47.7 Å². The number of H-pyrrole nitrogens is 1. The summed E-state index contributed by atoms with van der Waals surface area (Å²) in [6.07, 6.45) is 7.79. The van der Waals surface area contributed by atoms with Crippen molar-refractivity contribution in [3.8, 4) is 11.1 Å². The lowest BCUT2D eigenvalue weighted by Gasteiger charge is -2.11. The molecule has 1 aromatic carbocycles. The zero-order valence-corrected chi connectivity index (χ0v) is 13.8. The first kappa shape index (κ1) is 14.2. The monoisotopic (exact) mass is 331 g/mol. The van der Waals surface area contributed by atoms with E-state index in [0.717, 1.165) is 27.7 Å². The van der Waals surface area contributed by atoms with Crippen LogP contribution in [-0.4, -0.2) is 25.8 Å². The third kappa shape index (κ3) is 2.38. The maximum absolute atomic E-state index is 12.5. The van der Waals surface area contributed by atoms with Gasteiger partial charge in [-0.15, -0.1) is 0 Å². The summed E-state index contributed by atoms with van der Waals surface area (Å²) in [4.78, 5) is 19.9. The van der Waals surface area contributed by atoms with Crippen molar-refractivity contribution in [3.05, 3.63) is 53.2 Å². The molecule has 0 saturated heterocycles. The van der Waals surface area contributed by atoms with E-state index in [1.807, 2.05) is 31.6 Å². The molecule has 25 heavy (non-hydrogen) atoms. The maximum atomic E-state index is 12.5. The highest BCUT2D eigenvalue weighted by molar-refractivity contribution is 6.10. The van der Waals surface area contributed by atoms with Gasteiger partial charge >= 0.3 is 0 Å². The molecular formula is C19H17N5O. The summed E-state index contributed by atoms with van der Waals surface area (Å²) in [7, 11) is 1.90. The normalized spacial score (nSPS) is 14.3. The van der Waals surface area contributed by atoms with Gasteiger partial charge in [-0.05, 0) is 30.5 Å². The number of nitrogens with zero attached hydrogens (tertiary/aromatic N) is 3. The third-order valence-corrected chi connectivity index (χ3v) is 4.67. The van der Waals surface area contributed by atoms with Crippen LogP contribution in [0.2, 0.25) is 0 Å². The average Bonchev–Trinajstić information content (AvgIpc) is 3.32. The molecule has 6 nitrogen and oxygen atoms in total. The van der Waals surface area contributed by atoms with E-state index in [1.54, 1.807) is 10.9 Å². The number of aromatic amines is 1. The van der Waals surface area contributed by atoms with Gasteiger partial charge < -0.3 is 10.3 Å². The van der Waals surface area contributed by atoms with Gasteiger partial charge in [0.15, 0.2) is 0 Å². The molecule has 0 spiro atoms. The van der Waals surface area contributed by atoms with Crippen LogP contribution >= 0.6 is 0 Å². The molecule has 2 N–H and O–H groups in total. The van der Waals surface area contributed by atoms with E-state index in [-0.39, 0.29) is 5.56 Å². The molecular weight excluding hydrogens is 314 g/mol. The second-order valence-corrected chi connectivity index (χ2v) is 6.61.